The molecule has 2 aliphatic rings. The Morgan fingerprint density at radius 1 is 1.39 bits per heavy atom. The van der Waals surface area contributed by atoms with Gasteiger partial charge in [0.1, 0.15) is 5.01 Å². The lowest BCUT2D eigenvalue weighted by Crippen LogP contribution is -2.42. The molecule has 100 valence electrons. The second-order valence-electron chi connectivity index (χ2n) is 5.74. The molecule has 2 atom stereocenters. The predicted molar refractivity (Wildman–Crippen MR) is 73.8 cm³/mol. The third-order valence-corrected chi connectivity index (χ3v) is 5.49. The first-order chi connectivity index (χ1) is 8.76. The second-order valence-corrected chi connectivity index (χ2v) is 6.90. The number of thiazole rings is 1. The minimum atomic E-state index is 0.331. The van der Waals surface area contributed by atoms with Gasteiger partial charge in [-0.2, -0.15) is 0 Å². The second kappa shape index (κ2) is 5.27. The molecule has 1 aliphatic heterocycles. The molecule has 0 aromatic carbocycles. The highest BCUT2D eigenvalue weighted by molar-refractivity contribution is 7.11. The zero-order valence-corrected chi connectivity index (χ0v) is 11.9. The zero-order chi connectivity index (χ0) is 12.5. The summed E-state index contributed by atoms with van der Waals surface area (Å²) in [5.41, 5.74) is 1.36. The van der Waals surface area contributed by atoms with Gasteiger partial charge >= 0.3 is 0 Å². The summed E-state index contributed by atoms with van der Waals surface area (Å²) in [5.74, 6) is 0.466. The molecule has 3 nitrogen and oxygen atoms in total. The van der Waals surface area contributed by atoms with Crippen LogP contribution >= 0.6 is 11.3 Å². The van der Waals surface area contributed by atoms with Crippen LogP contribution in [0.3, 0.4) is 0 Å². The van der Waals surface area contributed by atoms with Crippen LogP contribution < -0.4 is 0 Å². The van der Waals surface area contributed by atoms with E-state index in [2.05, 4.69) is 11.8 Å². The van der Waals surface area contributed by atoms with Crippen molar-refractivity contribution in [2.75, 3.05) is 13.2 Å². The quantitative estimate of drug-likeness (QED) is 0.911. The van der Waals surface area contributed by atoms with Crippen LogP contribution in [0.1, 0.15) is 41.8 Å². The monoisotopic (exact) mass is 266 g/mol. The van der Waals surface area contributed by atoms with E-state index in [1.54, 1.807) is 0 Å². The van der Waals surface area contributed by atoms with Crippen LogP contribution in [-0.2, 0) is 19.4 Å². The van der Waals surface area contributed by atoms with E-state index in [9.17, 15) is 5.11 Å². The molecule has 0 amide bonds. The van der Waals surface area contributed by atoms with Gasteiger partial charge in [0.05, 0.1) is 12.2 Å². The maximum Gasteiger partial charge on any atom is 0.107 e. The molecule has 18 heavy (non-hydrogen) atoms. The van der Waals surface area contributed by atoms with Crippen LogP contribution in [0.25, 0.3) is 0 Å². The van der Waals surface area contributed by atoms with Gasteiger partial charge in [0.2, 0.25) is 0 Å². The lowest BCUT2D eigenvalue weighted by molar-refractivity contribution is 0.0770. The Hall–Kier alpha value is -0.450. The third-order valence-electron chi connectivity index (χ3n) is 4.35. The number of aromatic nitrogens is 1. The summed E-state index contributed by atoms with van der Waals surface area (Å²) in [4.78, 5) is 8.80. The molecule has 2 heterocycles. The van der Waals surface area contributed by atoms with Crippen LogP contribution in [-0.4, -0.2) is 34.2 Å². The fourth-order valence-corrected chi connectivity index (χ4v) is 4.30. The number of aliphatic hydroxyl groups excluding tert-OH is 1. The highest BCUT2D eigenvalue weighted by atomic mass is 32.1. The molecule has 4 heteroatoms. The Balaban J connectivity index is 1.66. The number of nitrogens with zero attached hydrogens (tertiary/aromatic N) is 2. The van der Waals surface area contributed by atoms with Crippen molar-refractivity contribution in [2.45, 2.75) is 51.6 Å². The van der Waals surface area contributed by atoms with Crippen molar-refractivity contribution >= 4 is 11.3 Å². The number of rotatable bonds is 3. The van der Waals surface area contributed by atoms with Crippen molar-refractivity contribution in [3.8, 4) is 0 Å². The largest absolute Gasteiger partial charge is 0.396 e. The summed E-state index contributed by atoms with van der Waals surface area (Å²) in [6.07, 6.45) is 6.09. The van der Waals surface area contributed by atoms with Gasteiger partial charge in [0, 0.05) is 24.1 Å². The minimum absolute atomic E-state index is 0.331. The molecular formula is C14H22N2OS. The van der Waals surface area contributed by atoms with Crippen molar-refractivity contribution in [3.63, 3.8) is 0 Å². The van der Waals surface area contributed by atoms with Crippen LogP contribution in [0.2, 0.25) is 0 Å². The maximum atomic E-state index is 9.32. The highest BCUT2D eigenvalue weighted by Crippen LogP contribution is 2.30. The Labute approximate surface area is 113 Å². The third kappa shape index (κ3) is 2.46. The molecule has 0 saturated carbocycles. The topological polar surface area (TPSA) is 36.4 Å². The number of piperidine rings is 1. The highest BCUT2D eigenvalue weighted by Gasteiger charge is 2.26. The molecular weight excluding hydrogens is 244 g/mol. The lowest BCUT2D eigenvalue weighted by Gasteiger charge is -2.36. The number of aliphatic hydroxyl groups is 1. The van der Waals surface area contributed by atoms with E-state index in [0.717, 1.165) is 13.1 Å². The smallest absolute Gasteiger partial charge is 0.107 e. The number of hydrogen-bond acceptors (Lipinski definition) is 4. The molecule has 2 unspecified atom stereocenters. The average molecular weight is 266 g/mol. The molecule has 1 aromatic heterocycles. The van der Waals surface area contributed by atoms with Gasteiger partial charge < -0.3 is 5.11 Å². The Kier molecular flexibility index (Phi) is 3.68. The van der Waals surface area contributed by atoms with Gasteiger partial charge in [0.25, 0.3) is 0 Å². The number of fused-ring (bicyclic) bond motifs is 1. The van der Waals surface area contributed by atoms with Crippen LogP contribution in [0.4, 0.5) is 0 Å². The summed E-state index contributed by atoms with van der Waals surface area (Å²) in [6.45, 7) is 4.64. The maximum absolute atomic E-state index is 9.32. The fourth-order valence-electron chi connectivity index (χ4n) is 3.12. The van der Waals surface area contributed by atoms with E-state index in [1.165, 1.54) is 47.7 Å². The van der Waals surface area contributed by atoms with Crippen molar-refractivity contribution in [3.05, 3.63) is 15.6 Å². The van der Waals surface area contributed by atoms with E-state index in [0.29, 0.717) is 18.6 Å². The number of likely N-dealkylation sites (tertiary alicyclic amines) is 1. The first-order valence-electron chi connectivity index (χ1n) is 7.08. The SMILES string of the molecule is CC1CCC(CO)CN1Cc1nc2c(s1)CCC2. The van der Waals surface area contributed by atoms with Crippen molar-refractivity contribution in [1.82, 2.24) is 9.88 Å². The van der Waals surface area contributed by atoms with Crippen LogP contribution in [0, 0.1) is 5.92 Å². The van der Waals surface area contributed by atoms with E-state index < -0.39 is 0 Å². The zero-order valence-electron chi connectivity index (χ0n) is 11.1. The summed E-state index contributed by atoms with van der Waals surface area (Å²) in [6, 6.07) is 0.631. The molecule has 0 spiro atoms. The van der Waals surface area contributed by atoms with Crippen LogP contribution in [0.15, 0.2) is 0 Å². The molecule has 1 saturated heterocycles. The molecule has 1 aliphatic carbocycles. The van der Waals surface area contributed by atoms with Gasteiger partial charge in [-0.1, -0.05) is 0 Å². The first kappa shape index (κ1) is 12.6. The van der Waals surface area contributed by atoms with Gasteiger partial charge in [-0.25, -0.2) is 4.98 Å². The molecule has 1 N–H and O–H groups in total. The van der Waals surface area contributed by atoms with E-state index >= 15 is 0 Å². The fraction of sp³-hybridized carbons (Fsp3) is 0.786. The average Bonchev–Trinajstić information content (AvgIpc) is 2.92. The molecule has 0 radical (unpaired) electrons. The number of hydrogen-bond donors (Lipinski definition) is 1. The number of aryl methyl sites for hydroxylation is 2. The molecule has 3 rings (SSSR count). The van der Waals surface area contributed by atoms with Gasteiger partial charge in [-0.3, -0.25) is 4.90 Å². The Morgan fingerprint density at radius 3 is 3.06 bits per heavy atom. The van der Waals surface area contributed by atoms with Crippen molar-refractivity contribution < 1.29 is 5.11 Å². The van der Waals surface area contributed by atoms with Gasteiger partial charge in [0.15, 0.2) is 0 Å². The van der Waals surface area contributed by atoms with Crippen LogP contribution in [0.5, 0.6) is 0 Å². The summed E-state index contributed by atoms with van der Waals surface area (Å²) >= 11 is 1.91. The summed E-state index contributed by atoms with van der Waals surface area (Å²) in [7, 11) is 0. The van der Waals surface area contributed by atoms with Crippen molar-refractivity contribution in [2.24, 2.45) is 5.92 Å². The predicted octanol–water partition coefficient (Wildman–Crippen LogP) is 2.22. The molecule has 0 bridgehead atoms. The van der Waals surface area contributed by atoms with Gasteiger partial charge in [-0.15, -0.1) is 11.3 Å². The standard InChI is InChI=1S/C14H22N2OS/c1-10-5-6-11(9-17)7-16(10)8-14-15-12-3-2-4-13(12)18-14/h10-11,17H,2-9H2,1H3. The Bertz CT molecular complexity index is 396. The van der Waals surface area contributed by atoms with Gasteiger partial charge in [-0.05, 0) is 44.9 Å². The van der Waals surface area contributed by atoms with Crippen molar-refractivity contribution in [1.29, 1.82) is 0 Å². The van der Waals surface area contributed by atoms with E-state index in [1.807, 2.05) is 11.3 Å². The minimum Gasteiger partial charge on any atom is -0.396 e. The normalized spacial score (nSPS) is 28.6. The molecule has 1 fully saturated rings. The lowest BCUT2D eigenvalue weighted by atomic mass is 9.94. The summed E-state index contributed by atoms with van der Waals surface area (Å²) < 4.78 is 0. The van der Waals surface area contributed by atoms with E-state index in [4.69, 9.17) is 4.98 Å². The summed E-state index contributed by atoms with van der Waals surface area (Å²) in [5, 5.41) is 10.6. The molecule has 1 aromatic rings. The Morgan fingerprint density at radius 2 is 2.28 bits per heavy atom. The first-order valence-corrected chi connectivity index (χ1v) is 7.90. The van der Waals surface area contributed by atoms with E-state index in [-0.39, 0.29) is 0 Å².